The maximum Gasteiger partial charge on any atom is 0.345 e. The number of aromatic nitrogens is 1. The predicted octanol–water partition coefficient (Wildman–Crippen LogP) is 3.04. The minimum atomic E-state index is -0.933. The summed E-state index contributed by atoms with van der Waals surface area (Å²) in [5.74, 6) is -0.933. The summed E-state index contributed by atoms with van der Waals surface area (Å²) in [7, 11) is 0. The van der Waals surface area contributed by atoms with Crippen LogP contribution in [-0.4, -0.2) is 15.6 Å². The molecule has 2 rings (SSSR count). The Bertz CT molecular complexity index is 702. The van der Waals surface area contributed by atoms with Gasteiger partial charge in [0.25, 0.3) is 5.56 Å². The molecule has 0 radical (unpaired) electrons. The lowest BCUT2D eigenvalue weighted by Crippen LogP contribution is -2.22. The molecular weight excluding hydrogens is 330 g/mol. The zero-order chi connectivity index (χ0) is 14.2. The molecule has 4 nitrogen and oxygen atoms in total. The molecule has 2 heterocycles. The maximum absolute atomic E-state index is 12.0. The number of aromatic carboxylic acids is 1. The highest BCUT2D eigenvalue weighted by atomic mass is 79.9. The Hall–Kier alpha value is -1.40. The number of hydrogen-bond donors (Lipinski definition) is 1. The first-order chi connectivity index (χ1) is 8.88. The summed E-state index contributed by atoms with van der Waals surface area (Å²) in [6, 6.07) is 3.40. The third-order valence-electron chi connectivity index (χ3n) is 2.80. The number of nitrogens with zero attached hydrogens (tertiary/aromatic N) is 1. The van der Waals surface area contributed by atoms with Crippen LogP contribution in [0.3, 0.4) is 0 Å². The zero-order valence-electron chi connectivity index (χ0n) is 10.4. The second-order valence-corrected chi connectivity index (χ2v) is 6.44. The number of rotatable bonds is 3. The van der Waals surface area contributed by atoms with Crippen molar-refractivity contribution in [1.29, 1.82) is 0 Å². The number of thiophene rings is 1. The van der Waals surface area contributed by atoms with Gasteiger partial charge in [-0.25, -0.2) is 4.79 Å². The average Bonchev–Trinajstić information content (AvgIpc) is 2.67. The van der Waals surface area contributed by atoms with Crippen LogP contribution in [0.1, 0.15) is 25.7 Å². The van der Waals surface area contributed by atoms with Crippen LogP contribution in [0, 0.1) is 13.8 Å². The van der Waals surface area contributed by atoms with E-state index in [1.54, 1.807) is 29.8 Å². The van der Waals surface area contributed by atoms with Crippen LogP contribution in [0.5, 0.6) is 0 Å². The third-order valence-corrected chi connectivity index (χ3v) is 4.32. The molecule has 19 heavy (non-hydrogen) atoms. The van der Waals surface area contributed by atoms with Gasteiger partial charge in [-0.3, -0.25) is 4.79 Å². The number of carboxylic acids is 1. The van der Waals surface area contributed by atoms with Gasteiger partial charge >= 0.3 is 5.97 Å². The molecule has 100 valence electrons. The molecule has 0 saturated carbocycles. The molecule has 1 N–H and O–H groups in total. The first kappa shape index (κ1) is 14.0. The van der Waals surface area contributed by atoms with Gasteiger partial charge in [-0.1, -0.05) is 0 Å². The van der Waals surface area contributed by atoms with Gasteiger partial charge in [0.1, 0.15) is 4.88 Å². The van der Waals surface area contributed by atoms with Crippen LogP contribution in [0.4, 0.5) is 0 Å². The van der Waals surface area contributed by atoms with Crippen molar-refractivity contribution >= 4 is 33.2 Å². The summed E-state index contributed by atoms with van der Waals surface area (Å²) in [5, 5.41) is 8.97. The minimum Gasteiger partial charge on any atom is -0.477 e. The van der Waals surface area contributed by atoms with Crippen LogP contribution < -0.4 is 5.56 Å². The molecule has 0 spiro atoms. The maximum atomic E-state index is 12.0. The smallest absolute Gasteiger partial charge is 0.345 e. The lowest BCUT2D eigenvalue weighted by atomic mass is 10.2. The molecule has 2 aromatic heterocycles. The number of hydrogen-bond acceptors (Lipinski definition) is 3. The first-order valence-corrected chi connectivity index (χ1v) is 7.18. The molecule has 0 amide bonds. The van der Waals surface area contributed by atoms with Gasteiger partial charge in [0.2, 0.25) is 0 Å². The summed E-state index contributed by atoms with van der Waals surface area (Å²) in [5.41, 5.74) is 1.45. The van der Waals surface area contributed by atoms with Gasteiger partial charge in [0, 0.05) is 21.1 Å². The minimum absolute atomic E-state index is 0.0642. The molecule has 0 atom stereocenters. The quantitative estimate of drug-likeness (QED) is 0.933. The Morgan fingerprint density at radius 2 is 2.11 bits per heavy atom. The van der Waals surface area contributed by atoms with E-state index >= 15 is 0 Å². The van der Waals surface area contributed by atoms with Crippen molar-refractivity contribution in [2.45, 2.75) is 20.4 Å². The Morgan fingerprint density at radius 1 is 1.42 bits per heavy atom. The summed E-state index contributed by atoms with van der Waals surface area (Å²) >= 11 is 4.59. The van der Waals surface area contributed by atoms with E-state index in [0.717, 1.165) is 14.9 Å². The van der Waals surface area contributed by atoms with Crippen LogP contribution in [0.25, 0.3) is 0 Å². The standard InChI is InChI=1S/C13H12BrNO3S/c1-7-3-10(14)6-15(12(7)16)5-9-4-11(13(17)18)19-8(9)2/h3-4,6H,5H2,1-2H3,(H,17,18). The summed E-state index contributed by atoms with van der Waals surface area (Å²) in [4.78, 5) is 24.2. The van der Waals surface area contributed by atoms with Crippen molar-refractivity contribution in [3.63, 3.8) is 0 Å². The Labute approximate surface area is 122 Å². The Kier molecular flexibility index (Phi) is 3.91. The topological polar surface area (TPSA) is 59.3 Å². The largest absolute Gasteiger partial charge is 0.477 e. The van der Waals surface area contributed by atoms with E-state index in [-0.39, 0.29) is 5.56 Å². The van der Waals surface area contributed by atoms with Gasteiger partial charge in [-0.2, -0.15) is 0 Å². The van der Waals surface area contributed by atoms with E-state index in [4.69, 9.17) is 5.11 Å². The van der Waals surface area contributed by atoms with E-state index in [1.165, 1.54) is 11.3 Å². The van der Waals surface area contributed by atoms with E-state index in [9.17, 15) is 9.59 Å². The molecule has 0 aliphatic carbocycles. The molecule has 0 unspecified atom stereocenters. The van der Waals surface area contributed by atoms with Gasteiger partial charge in [-0.15, -0.1) is 11.3 Å². The second-order valence-electron chi connectivity index (χ2n) is 4.27. The van der Waals surface area contributed by atoms with Crippen molar-refractivity contribution in [2.24, 2.45) is 0 Å². The Morgan fingerprint density at radius 3 is 2.68 bits per heavy atom. The predicted molar refractivity (Wildman–Crippen MR) is 78.3 cm³/mol. The SMILES string of the molecule is Cc1sc(C(=O)O)cc1Cn1cc(Br)cc(C)c1=O. The molecule has 2 aromatic rings. The van der Waals surface area contributed by atoms with Crippen LogP contribution in [0.15, 0.2) is 27.6 Å². The number of carbonyl (C=O) groups is 1. The Balaban J connectivity index is 2.42. The monoisotopic (exact) mass is 341 g/mol. The van der Waals surface area contributed by atoms with Crippen molar-refractivity contribution in [1.82, 2.24) is 4.57 Å². The first-order valence-electron chi connectivity index (χ1n) is 5.57. The zero-order valence-corrected chi connectivity index (χ0v) is 12.8. The highest BCUT2D eigenvalue weighted by Gasteiger charge is 2.12. The van der Waals surface area contributed by atoms with Crippen molar-refractivity contribution in [3.8, 4) is 0 Å². The molecule has 0 fully saturated rings. The van der Waals surface area contributed by atoms with Gasteiger partial charge in [0.05, 0.1) is 6.54 Å². The number of carboxylic acid groups (broad SMARTS) is 1. The molecule has 0 saturated heterocycles. The fourth-order valence-electron chi connectivity index (χ4n) is 1.82. The molecule has 0 aromatic carbocycles. The van der Waals surface area contributed by atoms with Crippen molar-refractivity contribution < 1.29 is 9.90 Å². The third kappa shape index (κ3) is 2.96. The van der Waals surface area contributed by atoms with E-state index in [2.05, 4.69) is 15.9 Å². The summed E-state index contributed by atoms with van der Waals surface area (Å²) < 4.78 is 2.41. The van der Waals surface area contributed by atoms with E-state index < -0.39 is 5.97 Å². The second kappa shape index (κ2) is 5.30. The van der Waals surface area contributed by atoms with Crippen molar-refractivity contribution in [3.05, 3.63) is 54.0 Å². The average molecular weight is 342 g/mol. The van der Waals surface area contributed by atoms with Crippen LogP contribution in [-0.2, 0) is 6.54 Å². The lowest BCUT2D eigenvalue weighted by Gasteiger charge is -2.07. The van der Waals surface area contributed by atoms with Crippen LogP contribution in [0.2, 0.25) is 0 Å². The molecule has 6 heteroatoms. The van der Waals surface area contributed by atoms with Crippen molar-refractivity contribution in [2.75, 3.05) is 0 Å². The fraction of sp³-hybridized carbons (Fsp3) is 0.231. The van der Waals surface area contributed by atoms with E-state index in [0.29, 0.717) is 17.0 Å². The van der Waals surface area contributed by atoms with Crippen LogP contribution >= 0.6 is 27.3 Å². The highest BCUT2D eigenvalue weighted by Crippen LogP contribution is 2.22. The number of aryl methyl sites for hydroxylation is 2. The molecule has 0 aliphatic heterocycles. The fourth-order valence-corrected chi connectivity index (χ4v) is 3.29. The van der Waals surface area contributed by atoms with E-state index in [1.807, 2.05) is 6.92 Å². The molecular formula is C13H12BrNO3S. The number of pyridine rings is 1. The van der Waals surface area contributed by atoms with Gasteiger partial charge in [0.15, 0.2) is 0 Å². The van der Waals surface area contributed by atoms with Gasteiger partial charge < -0.3 is 9.67 Å². The summed E-state index contributed by atoms with van der Waals surface area (Å²) in [6.45, 7) is 4.00. The summed E-state index contributed by atoms with van der Waals surface area (Å²) in [6.07, 6.45) is 1.72. The normalized spacial score (nSPS) is 10.7. The molecule has 0 aliphatic rings. The molecule has 0 bridgehead atoms. The lowest BCUT2D eigenvalue weighted by molar-refractivity contribution is 0.0702. The van der Waals surface area contributed by atoms with Gasteiger partial charge in [-0.05, 0) is 47.5 Å². The number of halogens is 1. The highest BCUT2D eigenvalue weighted by molar-refractivity contribution is 9.10.